The highest BCUT2D eigenvalue weighted by Gasteiger charge is 2.20. The average molecular weight is 266 g/mol. The maximum atomic E-state index is 11.7. The van der Waals surface area contributed by atoms with Crippen LogP contribution in [0.4, 0.5) is 0 Å². The molecule has 0 bridgehead atoms. The Bertz CT molecular complexity index is 345. The van der Waals surface area contributed by atoms with Gasteiger partial charge in [-0.2, -0.15) is 0 Å². The van der Waals surface area contributed by atoms with Gasteiger partial charge in [0, 0.05) is 31.1 Å². The second-order valence-corrected chi connectivity index (χ2v) is 5.89. The van der Waals surface area contributed by atoms with E-state index in [1.807, 2.05) is 20.8 Å². The normalized spacial score (nSPS) is 11.8. The van der Waals surface area contributed by atoms with Gasteiger partial charge in [0.1, 0.15) is 11.6 Å². The van der Waals surface area contributed by atoms with Gasteiger partial charge in [-0.1, -0.05) is 26.8 Å². The van der Waals surface area contributed by atoms with Crippen LogP contribution in [0, 0.1) is 5.41 Å². The molecule has 3 heteroatoms. The third-order valence-electron chi connectivity index (χ3n) is 2.95. The van der Waals surface area contributed by atoms with Crippen LogP contribution in [0.15, 0.2) is 12.2 Å². The van der Waals surface area contributed by atoms with E-state index in [-0.39, 0.29) is 22.8 Å². The minimum absolute atomic E-state index is 0.00115. The zero-order valence-corrected chi connectivity index (χ0v) is 12.6. The maximum Gasteiger partial charge on any atom is 0.155 e. The lowest BCUT2D eigenvalue weighted by Gasteiger charge is -2.15. The van der Waals surface area contributed by atoms with Crippen LogP contribution in [0.1, 0.15) is 66.2 Å². The Morgan fingerprint density at radius 2 is 1.47 bits per heavy atom. The third kappa shape index (κ3) is 9.34. The Labute approximate surface area is 116 Å². The average Bonchev–Trinajstić information content (AvgIpc) is 2.31. The van der Waals surface area contributed by atoms with Gasteiger partial charge < -0.3 is 0 Å². The predicted octanol–water partition coefficient (Wildman–Crippen LogP) is 3.66. The fourth-order valence-corrected chi connectivity index (χ4v) is 1.64. The highest BCUT2D eigenvalue weighted by Crippen LogP contribution is 2.18. The topological polar surface area (TPSA) is 51.2 Å². The van der Waals surface area contributed by atoms with Crippen molar-refractivity contribution in [1.29, 1.82) is 0 Å². The number of carbonyl (C=O) groups excluding carboxylic acids is 3. The number of hydrogen-bond acceptors (Lipinski definition) is 3. The molecule has 3 nitrogen and oxygen atoms in total. The number of hydrogen-bond donors (Lipinski definition) is 0. The molecule has 0 amide bonds. The molecular formula is C16H26O3. The molecule has 0 rings (SSSR count). The second kappa shape index (κ2) is 8.78. The number of carbonyl (C=O) groups is 3. The van der Waals surface area contributed by atoms with Crippen molar-refractivity contribution in [3.05, 3.63) is 12.2 Å². The zero-order chi connectivity index (χ0) is 14.9. The van der Waals surface area contributed by atoms with E-state index in [0.29, 0.717) is 25.7 Å². The highest BCUT2D eigenvalue weighted by atomic mass is 16.1. The van der Waals surface area contributed by atoms with Crippen molar-refractivity contribution >= 4 is 17.3 Å². The molecule has 0 aliphatic rings. The smallest absolute Gasteiger partial charge is 0.155 e. The van der Waals surface area contributed by atoms with E-state index in [4.69, 9.17) is 0 Å². The molecule has 0 atom stereocenters. The van der Waals surface area contributed by atoms with Gasteiger partial charge in [0.15, 0.2) is 5.78 Å². The molecule has 19 heavy (non-hydrogen) atoms. The van der Waals surface area contributed by atoms with Crippen molar-refractivity contribution in [2.75, 3.05) is 0 Å². The lowest BCUT2D eigenvalue weighted by atomic mass is 9.87. The van der Waals surface area contributed by atoms with E-state index in [9.17, 15) is 14.4 Å². The predicted molar refractivity (Wildman–Crippen MR) is 77.0 cm³/mol. The lowest BCUT2D eigenvalue weighted by Crippen LogP contribution is -2.19. The Kier molecular flexibility index (Phi) is 8.21. The molecule has 0 saturated carbocycles. The van der Waals surface area contributed by atoms with Gasteiger partial charge in [0.25, 0.3) is 0 Å². The molecule has 0 radical (unpaired) electrons. The summed E-state index contributed by atoms with van der Waals surface area (Å²) in [6, 6.07) is 0. The largest absolute Gasteiger partial charge is 0.300 e. The van der Waals surface area contributed by atoms with Crippen molar-refractivity contribution < 1.29 is 14.4 Å². The summed E-state index contributed by atoms with van der Waals surface area (Å²) in [6.07, 6.45) is 6.29. The van der Waals surface area contributed by atoms with E-state index < -0.39 is 0 Å². The molecule has 0 fully saturated rings. The number of Topliss-reactive ketones (excluding diaryl/α,β-unsaturated/α-hetero) is 2. The summed E-state index contributed by atoms with van der Waals surface area (Å²) in [6.45, 7) is 7.51. The first kappa shape index (κ1) is 17.8. The van der Waals surface area contributed by atoms with Crippen LogP contribution in [0.2, 0.25) is 0 Å². The first-order chi connectivity index (χ1) is 8.77. The molecule has 0 aliphatic carbocycles. The molecule has 0 unspecified atom stereocenters. The van der Waals surface area contributed by atoms with Crippen LogP contribution < -0.4 is 0 Å². The first-order valence-corrected chi connectivity index (χ1v) is 6.98. The minimum Gasteiger partial charge on any atom is -0.300 e. The monoisotopic (exact) mass is 266 g/mol. The number of unbranched alkanes of at least 4 members (excludes halogenated alkanes) is 1. The summed E-state index contributed by atoms with van der Waals surface area (Å²) in [4.78, 5) is 34.4. The number of allylic oxidation sites excluding steroid dienone is 2. The van der Waals surface area contributed by atoms with Crippen molar-refractivity contribution in [3.8, 4) is 0 Å². The standard InChI is InChI=1S/C16H26O3/c1-5-8-13(17)11-12-14(18)9-6-7-10-15(19)16(2,3)4/h5,8H,6-7,9-12H2,1-4H3/b8-5+. The van der Waals surface area contributed by atoms with E-state index in [0.717, 1.165) is 12.8 Å². The van der Waals surface area contributed by atoms with Crippen LogP contribution in [0.3, 0.4) is 0 Å². The summed E-state index contributed by atoms with van der Waals surface area (Å²) in [7, 11) is 0. The Morgan fingerprint density at radius 1 is 0.895 bits per heavy atom. The van der Waals surface area contributed by atoms with E-state index in [1.165, 1.54) is 6.08 Å². The molecule has 0 aliphatic heterocycles. The van der Waals surface area contributed by atoms with E-state index in [1.54, 1.807) is 13.0 Å². The van der Waals surface area contributed by atoms with Gasteiger partial charge in [-0.15, -0.1) is 0 Å². The van der Waals surface area contributed by atoms with E-state index in [2.05, 4.69) is 0 Å². The van der Waals surface area contributed by atoms with E-state index >= 15 is 0 Å². The van der Waals surface area contributed by atoms with Crippen molar-refractivity contribution in [2.45, 2.75) is 66.2 Å². The van der Waals surface area contributed by atoms with Crippen LogP contribution in [0.5, 0.6) is 0 Å². The van der Waals surface area contributed by atoms with Gasteiger partial charge >= 0.3 is 0 Å². The second-order valence-electron chi connectivity index (χ2n) is 5.89. The molecule has 0 aromatic carbocycles. The van der Waals surface area contributed by atoms with Gasteiger partial charge in [0.2, 0.25) is 0 Å². The summed E-state index contributed by atoms with van der Waals surface area (Å²) in [5.41, 5.74) is -0.289. The Hall–Kier alpha value is -1.25. The summed E-state index contributed by atoms with van der Waals surface area (Å²) < 4.78 is 0. The molecular weight excluding hydrogens is 240 g/mol. The van der Waals surface area contributed by atoms with Crippen molar-refractivity contribution in [3.63, 3.8) is 0 Å². The molecule has 0 spiro atoms. The number of ketones is 3. The van der Waals surface area contributed by atoms with Gasteiger partial charge in [-0.3, -0.25) is 14.4 Å². The molecule has 0 N–H and O–H groups in total. The highest BCUT2D eigenvalue weighted by molar-refractivity contribution is 5.92. The molecule has 108 valence electrons. The van der Waals surface area contributed by atoms with Crippen molar-refractivity contribution in [2.24, 2.45) is 5.41 Å². The maximum absolute atomic E-state index is 11.7. The Morgan fingerprint density at radius 3 is 2.00 bits per heavy atom. The van der Waals surface area contributed by atoms with Crippen molar-refractivity contribution in [1.82, 2.24) is 0 Å². The van der Waals surface area contributed by atoms with Crippen LogP contribution >= 0.6 is 0 Å². The fourth-order valence-electron chi connectivity index (χ4n) is 1.64. The van der Waals surface area contributed by atoms with Crippen LogP contribution in [0.25, 0.3) is 0 Å². The fraction of sp³-hybridized carbons (Fsp3) is 0.688. The molecule has 0 aromatic heterocycles. The van der Waals surface area contributed by atoms with Crippen LogP contribution in [-0.2, 0) is 14.4 Å². The quantitative estimate of drug-likeness (QED) is 0.473. The summed E-state index contributed by atoms with van der Waals surface area (Å²) in [5, 5.41) is 0. The third-order valence-corrected chi connectivity index (χ3v) is 2.95. The van der Waals surface area contributed by atoms with Crippen LogP contribution in [-0.4, -0.2) is 17.3 Å². The molecule has 0 aromatic rings. The lowest BCUT2D eigenvalue weighted by molar-refractivity contribution is -0.126. The first-order valence-electron chi connectivity index (χ1n) is 6.98. The SMILES string of the molecule is C/C=C/C(=O)CCC(=O)CCCCC(=O)C(C)(C)C. The summed E-state index contributed by atoms with van der Waals surface area (Å²) >= 11 is 0. The molecule has 0 saturated heterocycles. The van der Waals surface area contributed by atoms with Gasteiger partial charge in [-0.25, -0.2) is 0 Å². The Balaban J connectivity index is 3.70. The summed E-state index contributed by atoms with van der Waals surface area (Å²) in [5.74, 6) is 0.350. The number of rotatable bonds is 9. The van der Waals surface area contributed by atoms with Gasteiger partial charge in [-0.05, 0) is 25.8 Å². The molecule has 0 heterocycles. The van der Waals surface area contributed by atoms with Gasteiger partial charge in [0.05, 0.1) is 0 Å². The minimum atomic E-state index is -0.289. The zero-order valence-electron chi connectivity index (χ0n) is 12.6.